The summed E-state index contributed by atoms with van der Waals surface area (Å²) >= 11 is 5.16. The highest BCUT2D eigenvalue weighted by Crippen LogP contribution is 2.19. The maximum atomic E-state index is 11.8. The Labute approximate surface area is 125 Å². The molecule has 0 radical (unpaired) electrons. The summed E-state index contributed by atoms with van der Waals surface area (Å²) in [7, 11) is 1.92. The van der Waals surface area contributed by atoms with Crippen molar-refractivity contribution in [3.63, 3.8) is 0 Å². The standard InChI is InChI=1S/C15H21N3OS/c1-18(10-14(19)17-12-7-8-12)9-13(15(16)20)11-5-3-2-4-6-11/h2-6,12-13H,7-10H2,1H3,(H2,16,20)(H,17,19). The van der Waals surface area contributed by atoms with Crippen molar-refractivity contribution in [2.24, 2.45) is 5.73 Å². The van der Waals surface area contributed by atoms with E-state index in [4.69, 9.17) is 18.0 Å². The molecule has 1 fully saturated rings. The molecule has 5 heteroatoms. The lowest BCUT2D eigenvalue weighted by atomic mass is 9.98. The molecular formula is C15H21N3OS. The molecule has 0 aliphatic heterocycles. The topological polar surface area (TPSA) is 58.4 Å². The first-order chi connectivity index (χ1) is 9.56. The van der Waals surface area contributed by atoms with Crippen LogP contribution in [0.15, 0.2) is 30.3 Å². The molecule has 3 N–H and O–H groups in total. The Kier molecular flexibility index (Phi) is 5.09. The third kappa shape index (κ3) is 4.58. The van der Waals surface area contributed by atoms with Gasteiger partial charge < -0.3 is 11.1 Å². The van der Waals surface area contributed by atoms with E-state index in [0.717, 1.165) is 18.4 Å². The summed E-state index contributed by atoms with van der Waals surface area (Å²) in [5.41, 5.74) is 6.93. The molecule has 1 atom stereocenters. The van der Waals surface area contributed by atoms with Gasteiger partial charge in [-0.2, -0.15) is 0 Å². The molecular weight excluding hydrogens is 270 g/mol. The maximum Gasteiger partial charge on any atom is 0.234 e. The summed E-state index contributed by atoms with van der Waals surface area (Å²) in [6, 6.07) is 10.3. The van der Waals surface area contributed by atoms with E-state index in [1.165, 1.54) is 0 Å². The van der Waals surface area contributed by atoms with Crippen molar-refractivity contribution in [3.8, 4) is 0 Å². The van der Waals surface area contributed by atoms with E-state index < -0.39 is 0 Å². The van der Waals surface area contributed by atoms with Crippen LogP contribution in [0.3, 0.4) is 0 Å². The highest BCUT2D eigenvalue weighted by Gasteiger charge is 2.24. The van der Waals surface area contributed by atoms with E-state index in [2.05, 4.69) is 5.32 Å². The molecule has 1 aliphatic rings. The lowest BCUT2D eigenvalue weighted by molar-refractivity contribution is -0.122. The number of rotatable bonds is 7. The van der Waals surface area contributed by atoms with E-state index >= 15 is 0 Å². The minimum Gasteiger partial charge on any atom is -0.393 e. The third-order valence-electron chi connectivity index (χ3n) is 3.40. The Morgan fingerprint density at radius 3 is 2.65 bits per heavy atom. The van der Waals surface area contributed by atoms with E-state index in [-0.39, 0.29) is 11.8 Å². The monoisotopic (exact) mass is 291 g/mol. The second-order valence-electron chi connectivity index (χ2n) is 5.40. The summed E-state index contributed by atoms with van der Waals surface area (Å²) in [6.07, 6.45) is 2.21. The Bertz CT molecular complexity index is 473. The molecule has 20 heavy (non-hydrogen) atoms. The number of benzene rings is 1. The van der Waals surface area contributed by atoms with Crippen LogP contribution in [0.5, 0.6) is 0 Å². The number of amides is 1. The van der Waals surface area contributed by atoms with Gasteiger partial charge in [0, 0.05) is 18.5 Å². The molecule has 1 aliphatic carbocycles. The fourth-order valence-corrected chi connectivity index (χ4v) is 2.38. The van der Waals surface area contributed by atoms with Gasteiger partial charge in [-0.25, -0.2) is 0 Å². The van der Waals surface area contributed by atoms with Gasteiger partial charge in [-0.1, -0.05) is 42.5 Å². The lowest BCUT2D eigenvalue weighted by Gasteiger charge is -2.23. The van der Waals surface area contributed by atoms with Crippen LogP contribution in [0.1, 0.15) is 24.3 Å². The van der Waals surface area contributed by atoms with Crippen molar-refractivity contribution in [1.29, 1.82) is 0 Å². The van der Waals surface area contributed by atoms with Crippen LogP contribution in [0.4, 0.5) is 0 Å². The smallest absolute Gasteiger partial charge is 0.234 e. The predicted octanol–water partition coefficient (Wildman–Crippen LogP) is 1.27. The van der Waals surface area contributed by atoms with E-state index in [1.807, 2.05) is 42.3 Å². The van der Waals surface area contributed by atoms with Crippen LogP contribution in [0, 0.1) is 0 Å². The molecule has 1 unspecified atom stereocenters. The number of carbonyl (C=O) groups excluding carboxylic acids is 1. The average molecular weight is 291 g/mol. The summed E-state index contributed by atoms with van der Waals surface area (Å²) in [6.45, 7) is 1.03. The summed E-state index contributed by atoms with van der Waals surface area (Å²) in [5.74, 6) is 0.0506. The van der Waals surface area contributed by atoms with Crippen molar-refractivity contribution in [2.75, 3.05) is 20.1 Å². The van der Waals surface area contributed by atoms with Crippen LogP contribution in [0.25, 0.3) is 0 Å². The van der Waals surface area contributed by atoms with Crippen molar-refractivity contribution in [2.45, 2.75) is 24.8 Å². The fourth-order valence-electron chi connectivity index (χ4n) is 2.17. The van der Waals surface area contributed by atoms with Crippen molar-refractivity contribution >= 4 is 23.1 Å². The Balaban J connectivity index is 1.90. The lowest BCUT2D eigenvalue weighted by Crippen LogP contribution is -2.39. The van der Waals surface area contributed by atoms with Crippen LogP contribution >= 0.6 is 12.2 Å². The van der Waals surface area contributed by atoms with Gasteiger partial charge in [0.25, 0.3) is 0 Å². The van der Waals surface area contributed by atoms with Gasteiger partial charge >= 0.3 is 0 Å². The normalized spacial score (nSPS) is 15.9. The Hall–Kier alpha value is -1.46. The number of thiocarbonyl (C=S) groups is 1. The quantitative estimate of drug-likeness (QED) is 0.743. The molecule has 4 nitrogen and oxygen atoms in total. The molecule has 108 valence electrons. The Morgan fingerprint density at radius 2 is 2.10 bits per heavy atom. The summed E-state index contributed by atoms with van der Waals surface area (Å²) in [4.78, 5) is 14.2. The first-order valence-electron chi connectivity index (χ1n) is 6.88. The second kappa shape index (κ2) is 6.81. The molecule has 1 saturated carbocycles. The first-order valence-corrected chi connectivity index (χ1v) is 7.29. The molecule has 0 heterocycles. The van der Waals surface area contributed by atoms with Gasteiger partial charge in [0.15, 0.2) is 0 Å². The highest BCUT2D eigenvalue weighted by atomic mass is 32.1. The molecule has 0 bridgehead atoms. The number of nitrogens with two attached hydrogens (primary N) is 1. The molecule has 0 aromatic heterocycles. The maximum absolute atomic E-state index is 11.8. The molecule has 1 amide bonds. The van der Waals surface area contributed by atoms with Crippen LogP contribution in [-0.4, -0.2) is 42.0 Å². The average Bonchev–Trinajstić information content (AvgIpc) is 3.20. The van der Waals surface area contributed by atoms with Gasteiger partial charge in [0.1, 0.15) is 0 Å². The number of nitrogens with zero attached hydrogens (tertiary/aromatic N) is 1. The molecule has 1 aromatic rings. The number of carbonyl (C=O) groups is 1. The van der Waals surface area contributed by atoms with Gasteiger partial charge in [0.2, 0.25) is 5.91 Å². The SMILES string of the molecule is CN(CC(=O)NC1CC1)CC(C(N)=S)c1ccccc1. The minimum absolute atomic E-state index is 0.0232. The highest BCUT2D eigenvalue weighted by molar-refractivity contribution is 7.80. The van der Waals surface area contributed by atoms with E-state index in [9.17, 15) is 4.79 Å². The second-order valence-corrected chi connectivity index (χ2v) is 5.88. The first kappa shape index (κ1) is 14.9. The van der Waals surface area contributed by atoms with Crippen molar-refractivity contribution in [3.05, 3.63) is 35.9 Å². The zero-order chi connectivity index (χ0) is 14.5. The number of hydrogen-bond acceptors (Lipinski definition) is 3. The largest absolute Gasteiger partial charge is 0.393 e. The zero-order valence-electron chi connectivity index (χ0n) is 11.7. The number of nitrogens with one attached hydrogen (secondary N) is 1. The number of hydrogen-bond donors (Lipinski definition) is 2. The molecule has 2 rings (SSSR count). The molecule has 0 saturated heterocycles. The van der Waals surface area contributed by atoms with Gasteiger partial charge in [0.05, 0.1) is 11.5 Å². The molecule has 0 spiro atoms. The third-order valence-corrected chi connectivity index (χ3v) is 3.68. The summed E-state index contributed by atoms with van der Waals surface area (Å²) < 4.78 is 0. The van der Waals surface area contributed by atoms with E-state index in [1.54, 1.807) is 0 Å². The van der Waals surface area contributed by atoms with Crippen LogP contribution in [0.2, 0.25) is 0 Å². The van der Waals surface area contributed by atoms with Crippen LogP contribution in [-0.2, 0) is 4.79 Å². The Morgan fingerprint density at radius 1 is 1.45 bits per heavy atom. The zero-order valence-corrected chi connectivity index (χ0v) is 12.5. The predicted molar refractivity (Wildman–Crippen MR) is 84.6 cm³/mol. The summed E-state index contributed by atoms with van der Waals surface area (Å²) in [5, 5.41) is 2.98. The van der Waals surface area contributed by atoms with Crippen molar-refractivity contribution in [1.82, 2.24) is 10.2 Å². The fraction of sp³-hybridized carbons (Fsp3) is 0.467. The van der Waals surface area contributed by atoms with Gasteiger partial charge in [-0.3, -0.25) is 9.69 Å². The van der Waals surface area contributed by atoms with Crippen molar-refractivity contribution < 1.29 is 4.79 Å². The minimum atomic E-state index is -0.0232. The van der Waals surface area contributed by atoms with Gasteiger partial charge in [-0.15, -0.1) is 0 Å². The number of likely N-dealkylation sites (N-methyl/N-ethyl adjacent to an activating group) is 1. The van der Waals surface area contributed by atoms with E-state index in [0.29, 0.717) is 24.1 Å². The van der Waals surface area contributed by atoms with Crippen LogP contribution < -0.4 is 11.1 Å². The van der Waals surface area contributed by atoms with Gasteiger partial charge in [-0.05, 0) is 25.5 Å². The molecule has 1 aromatic carbocycles.